The van der Waals surface area contributed by atoms with E-state index in [2.05, 4.69) is 32.9 Å². The van der Waals surface area contributed by atoms with Gasteiger partial charge in [0.2, 0.25) is 0 Å². The highest BCUT2D eigenvalue weighted by Crippen LogP contribution is 2.18. The van der Waals surface area contributed by atoms with Crippen molar-refractivity contribution in [3.05, 3.63) is 12.2 Å². The lowest BCUT2D eigenvalue weighted by Gasteiger charge is -2.18. The Hall–Kier alpha value is -1.85. The van der Waals surface area contributed by atoms with Gasteiger partial charge in [-0.3, -0.25) is 14.4 Å². The Labute approximate surface area is 424 Å². The standard InChI is InChI=1S/C62H118O6/c1-4-7-10-13-16-19-22-24-26-27-28-29-30-31-32-33-34-35-36-38-40-43-46-49-52-55-61(64)67-58-59(57-66-60(63)54-51-48-45-42-39-21-18-15-12-9-6-3)68-62(65)56-53-50-47-44-41-37-25-23-20-17-14-11-8-5-2/h15,18,59H,4-14,16-17,19-58H2,1-3H3/b18-15-. The first-order chi connectivity index (χ1) is 33.5. The van der Waals surface area contributed by atoms with E-state index in [0.29, 0.717) is 19.3 Å². The number of carbonyl (C=O) groups is 3. The number of hydrogen-bond acceptors (Lipinski definition) is 6. The van der Waals surface area contributed by atoms with E-state index >= 15 is 0 Å². The van der Waals surface area contributed by atoms with Gasteiger partial charge in [-0.05, 0) is 38.5 Å². The van der Waals surface area contributed by atoms with Gasteiger partial charge in [0, 0.05) is 19.3 Å². The van der Waals surface area contributed by atoms with E-state index < -0.39 is 6.10 Å². The lowest BCUT2D eigenvalue weighted by atomic mass is 10.0. The molecule has 0 radical (unpaired) electrons. The summed E-state index contributed by atoms with van der Waals surface area (Å²) in [7, 11) is 0. The molecule has 0 amide bonds. The van der Waals surface area contributed by atoms with Gasteiger partial charge in [-0.2, -0.15) is 0 Å². The van der Waals surface area contributed by atoms with Crippen LogP contribution in [0.4, 0.5) is 0 Å². The fraction of sp³-hybridized carbons (Fsp3) is 0.919. The minimum absolute atomic E-state index is 0.0665. The van der Waals surface area contributed by atoms with Crippen molar-refractivity contribution in [2.24, 2.45) is 0 Å². The van der Waals surface area contributed by atoms with Gasteiger partial charge in [0.25, 0.3) is 0 Å². The smallest absolute Gasteiger partial charge is 0.306 e. The molecule has 0 aliphatic carbocycles. The molecule has 0 rings (SSSR count). The predicted molar refractivity (Wildman–Crippen MR) is 293 cm³/mol. The van der Waals surface area contributed by atoms with Crippen molar-refractivity contribution in [3.8, 4) is 0 Å². The highest BCUT2D eigenvalue weighted by atomic mass is 16.6. The summed E-state index contributed by atoms with van der Waals surface area (Å²) < 4.78 is 16.9. The van der Waals surface area contributed by atoms with Crippen LogP contribution in [-0.4, -0.2) is 37.2 Å². The van der Waals surface area contributed by atoms with E-state index in [1.54, 1.807) is 0 Å². The minimum atomic E-state index is -0.767. The van der Waals surface area contributed by atoms with E-state index in [4.69, 9.17) is 14.2 Å². The number of carbonyl (C=O) groups excluding carboxylic acids is 3. The lowest BCUT2D eigenvalue weighted by molar-refractivity contribution is -0.167. The molecule has 402 valence electrons. The van der Waals surface area contributed by atoms with Gasteiger partial charge in [-0.15, -0.1) is 0 Å². The molecule has 0 aromatic carbocycles. The van der Waals surface area contributed by atoms with Crippen molar-refractivity contribution in [2.45, 2.75) is 354 Å². The van der Waals surface area contributed by atoms with Crippen molar-refractivity contribution in [1.29, 1.82) is 0 Å². The third-order valence-corrected chi connectivity index (χ3v) is 14.0. The van der Waals surface area contributed by atoms with Crippen LogP contribution in [0.15, 0.2) is 12.2 Å². The number of ether oxygens (including phenoxy) is 3. The van der Waals surface area contributed by atoms with Crippen molar-refractivity contribution in [1.82, 2.24) is 0 Å². The quantitative estimate of drug-likeness (QED) is 0.0262. The van der Waals surface area contributed by atoms with Crippen LogP contribution >= 0.6 is 0 Å². The average Bonchev–Trinajstić information content (AvgIpc) is 3.34. The van der Waals surface area contributed by atoms with Crippen LogP contribution in [0.2, 0.25) is 0 Å². The summed E-state index contributed by atoms with van der Waals surface area (Å²) in [6, 6.07) is 0. The van der Waals surface area contributed by atoms with E-state index in [9.17, 15) is 14.4 Å². The zero-order valence-corrected chi connectivity index (χ0v) is 46.2. The van der Waals surface area contributed by atoms with Crippen LogP contribution in [0.1, 0.15) is 348 Å². The monoisotopic (exact) mass is 959 g/mol. The SMILES string of the molecule is CCCC/C=C\CCCCCCCC(=O)OCC(COC(=O)CCCCCCCCCCCCCCCCCCCCCCCCCCC)OC(=O)CCCCCCCCCCCCCCCC. The van der Waals surface area contributed by atoms with Gasteiger partial charge in [-0.25, -0.2) is 0 Å². The summed E-state index contributed by atoms with van der Waals surface area (Å²) in [5.74, 6) is -0.852. The van der Waals surface area contributed by atoms with Crippen molar-refractivity contribution < 1.29 is 28.6 Å². The van der Waals surface area contributed by atoms with Crippen LogP contribution in [0.25, 0.3) is 0 Å². The first-order valence-electron chi connectivity index (χ1n) is 30.7. The largest absolute Gasteiger partial charge is 0.462 e. The number of esters is 3. The van der Waals surface area contributed by atoms with Crippen LogP contribution in [0.5, 0.6) is 0 Å². The summed E-state index contributed by atoms with van der Waals surface area (Å²) in [6.45, 7) is 6.66. The van der Waals surface area contributed by atoms with Crippen LogP contribution < -0.4 is 0 Å². The zero-order valence-electron chi connectivity index (χ0n) is 46.2. The van der Waals surface area contributed by atoms with Crippen LogP contribution in [0.3, 0.4) is 0 Å². The van der Waals surface area contributed by atoms with Crippen LogP contribution in [0, 0.1) is 0 Å². The number of hydrogen-bond donors (Lipinski definition) is 0. The van der Waals surface area contributed by atoms with E-state index in [1.165, 1.54) is 244 Å². The molecule has 0 aliphatic heterocycles. The topological polar surface area (TPSA) is 78.9 Å². The molecule has 0 aromatic heterocycles. The molecule has 0 bridgehead atoms. The van der Waals surface area contributed by atoms with Crippen molar-refractivity contribution in [2.75, 3.05) is 13.2 Å². The van der Waals surface area contributed by atoms with Gasteiger partial charge < -0.3 is 14.2 Å². The van der Waals surface area contributed by atoms with Crippen molar-refractivity contribution >= 4 is 17.9 Å². The zero-order chi connectivity index (χ0) is 49.3. The van der Waals surface area contributed by atoms with Gasteiger partial charge in [0.15, 0.2) is 6.10 Å². The fourth-order valence-electron chi connectivity index (χ4n) is 9.37. The normalized spacial score (nSPS) is 12.0. The first-order valence-corrected chi connectivity index (χ1v) is 30.7. The molecule has 6 heteroatoms. The van der Waals surface area contributed by atoms with E-state index in [0.717, 1.165) is 64.2 Å². The maximum absolute atomic E-state index is 12.8. The number of unbranched alkanes of at least 4 members (excludes halogenated alkanes) is 44. The maximum atomic E-state index is 12.8. The Morgan fingerprint density at radius 3 is 0.779 bits per heavy atom. The molecule has 0 spiro atoms. The Balaban J connectivity index is 4.14. The van der Waals surface area contributed by atoms with Gasteiger partial charge >= 0.3 is 17.9 Å². The van der Waals surface area contributed by atoms with E-state index in [1.807, 2.05) is 0 Å². The molecule has 0 heterocycles. The minimum Gasteiger partial charge on any atom is -0.462 e. The van der Waals surface area contributed by atoms with Gasteiger partial charge in [0.1, 0.15) is 13.2 Å². The number of allylic oxidation sites excluding steroid dienone is 2. The molecule has 1 atom stereocenters. The Morgan fingerprint density at radius 1 is 0.279 bits per heavy atom. The third-order valence-electron chi connectivity index (χ3n) is 14.0. The maximum Gasteiger partial charge on any atom is 0.306 e. The second kappa shape index (κ2) is 57.7. The summed E-state index contributed by atoms with van der Waals surface area (Å²) in [4.78, 5) is 38.1. The summed E-state index contributed by atoms with van der Waals surface area (Å²) in [6.07, 6.45) is 66.5. The Morgan fingerprint density at radius 2 is 0.500 bits per heavy atom. The van der Waals surface area contributed by atoms with Crippen molar-refractivity contribution in [3.63, 3.8) is 0 Å². The number of rotatable bonds is 57. The summed E-state index contributed by atoms with van der Waals surface area (Å²) in [5, 5.41) is 0. The fourth-order valence-corrected chi connectivity index (χ4v) is 9.37. The molecular formula is C62H118O6. The molecule has 0 aromatic rings. The third kappa shape index (κ3) is 55.1. The lowest BCUT2D eigenvalue weighted by Crippen LogP contribution is -2.30. The highest BCUT2D eigenvalue weighted by Gasteiger charge is 2.19. The van der Waals surface area contributed by atoms with E-state index in [-0.39, 0.29) is 31.1 Å². The Kier molecular flexibility index (Phi) is 56.2. The average molecular weight is 960 g/mol. The first kappa shape index (κ1) is 66.2. The molecular weight excluding hydrogens is 841 g/mol. The molecule has 0 fully saturated rings. The second-order valence-electron chi connectivity index (χ2n) is 21.0. The van der Waals surface area contributed by atoms with Gasteiger partial charge in [-0.1, -0.05) is 303 Å². The van der Waals surface area contributed by atoms with Gasteiger partial charge in [0.05, 0.1) is 0 Å². The molecule has 6 nitrogen and oxygen atoms in total. The second-order valence-corrected chi connectivity index (χ2v) is 21.0. The summed E-state index contributed by atoms with van der Waals surface area (Å²) >= 11 is 0. The molecule has 0 saturated heterocycles. The molecule has 0 N–H and O–H groups in total. The Bertz CT molecular complexity index is 1060. The molecule has 1 unspecified atom stereocenters. The van der Waals surface area contributed by atoms with Crippen LogP contribution in [-0.2, 0) is 28.6 Å². The molecule has 0 saturated carbocycles. The summed E-state index contributed by atoms with van der Waals surface area (Å²) in [5.41, 5.74) is 0. The predicted octanol–water partition coefficient (Wildman–Crippen LogP) is 20.5. The molecule has 68 heavy (non-hydrogen) atoms. The highest BCUT2D eigenvalue weighted by molar-refractivity contribution is 5.71. The molecule has 0 aliphatic rings.